The third kappa shape index (κ3) is 3.45. The van der Waals surface area contributed by atoms with Crippen molar-refractivity contribution in [3.05, 3.63) is 22.7 Å². The van der Waals surface area contributed by atoms with Crippen molar-refractivity contribution < 1.29 is 14.6 Å². The molecular formula is C9H11ClN2O3. The summed E-state index contributed by atoms with van der Waals surface area (Å²) in [7, 11) is 0. The Labute approximate surface area is 92.1 Å². The van der Waals surface area contributed by atoms with Crippen molar-refractivity contribution >= 4 is 17.6 Å². The molecule has 5 nitrogen and oxygen atoms in total. The van der Waals surface area contributed by atoms with Crippen LogP contribution in [-0.2, 0) is 11.2 Å². The van der Waals surface area contributed by atoms with Crippen LogP contribution in [0.2, 0.25) is 5.02 Å². The number of aromatic nitrogens is 2. The Morgan fingerprint density at radius 3 is 3.00 bits per heavy atom. The van der Waals surface area contributed by atoms with Crippen molar-refractivity contribution in [2.24, 2.45) is 0 Å². The predicted octanol–water partition coefficient (Wildman–Crippen LogP) is 1.41. The molecule has 1 aromatic heterocycles. The zero-order valence-electron chi connectivity index (χ0n) is 8.23. The number of carboxylic acid groups (broad SMARTS) is 1. The van der Waals surface area contributed by atoms with E-state index in [0.717, 1.165) is 0 Å². The van der Waals surface area contributed by atoms with E-state index in [2.05, 4.69) is 9.97 Å². The first kappa shape index (κ1) is 11.9. The van der Waals surface area contributed by atoms with Crippen molar-refractivity contribution in [3.8, 4) is 0 Å². The SMILES string of the molecule is CCOCCc1ncc(Cl)c(C(=O)O)n1. The molecular weight excluding hydrogens is 220 g/mol. The molecule has 0 bridgehead atoms. The second kappa shape index (κ2) is 5.63. The van der Waals surface area contributed by atoms with E-state index in [-0.39, 0.29) is 10.7 Å². The van der Waals surface area contributed by atoms with Crippen molar-refractivity contribution in [1.29, 1.82) is 0 Å². The summed E-state index contributed by atoms with van der Waals surface area (Å²) in [5.41, 5.74) is -0.168. The topological polar surface area (TPSA) is 72.3 Å². The summed E-state index contributed by atoms with van der Waals surface area (Å²) in [6, 6.07) is 0. The second-order valence-electron chi connectivity index (χ2n) is 2.73. The summed E-state index contributed by atoms with van der Waals surface area (Å²) in [6.45, 7) is 2.96. The number of carbonyl (C=O) groups is 1. The zero-order valence-corrected chi connectivity index (χ0v) is 8.99. The Kier molecular flexibility index (Phi) is 4.45. The van der Waals surface area contributed by atoms with Gasteiger partial charge in [0.25, 0.3) is 0 Å². The van der Waals surface area contributed by atoms with Gasteiger partial charge in [-0.25, -0.2) is 14.8 Å². The molecule has 0 amide bonds. The Morgan fingerprint density at radius 2 is 2.40 bits per heavy atom. The summed E-state index contributed by atoms with van der Waals surface area (Å²) in [6.07, 6.45) is 1.77. The Morgan fingerprint density at radius 1 is 1.67 bits per heavy atom. The minimum absolute atomic E-state index is 0.0441. The van der Waals surface area contributed by atoms with Crippen molar-refractivity contribution in [1.82, 2.24) is 9.97 Å². The maximum absolute atomic E-state index is 10.7. The standard InChI is InChI=1S/C9H11ClN2O3/c1-2-15-4-3-7-11-5-6(10)8(12-7)9(13)14/h5H,2-4H2,1H3,(H,13,14). The fourth-order valence-corrected chi connectivity index (χ4v) is 1.15. The second-order valence-corrected chi connectivity index (χ2v) is 3.14. The van der Waals surface area contributed by atoms with E-state index in [4.69, 9.17) is 21.4 Å². The molecule has 1 N–H and O–H groups in total. The molecule has 0 radical (unpaired) electrons. The summed E-state index contributed by atoms with van der Waals surface area (Å²) in [4.78, 5) is 18.4. The molecule has 0 aliphatic rings. The Hall–Kier alpha value is -1.20. The molecule has 0 unspecified atom stereocenters. The molecule has 0 saturated heterocycles. The number of carboxylic acids is 1. The number of ether oxygens (including phenoxy) is 1. The molecule has 0 aromatic carbocycles. The highest BCUT2D eigenvalue weighted by Gasteiger charge is 2.12. The summed E-state index contributed by atoms with van der Waals surface area (Å²) in [5.74, 6) is -0.731. The molecule has 0 aliphatic carbocycles. The van der Waals surface area contributed by atoms with Gasteiger partial charge in [0, 0.05) is 13.0 Å². The van der Waals surface area contributed by atoms with E-state index in [1.807, 2.05) is 6.92 Å². The van der Waals surface area contributed by atoms with Crippen LogP contribution in [0.4, 0.5) is 0 Å². The van der Waals surface area contributed by atoms with Gasteiger partial charge < -0.3 is 9.84 Å². The lowest BCUT2D eigenvalue weighted by Crippen LogP contribution is -2.08. The fourth-order valence-electron chi connectivity index (χ4n) is 0.982. The minimum Gasteiger partial charge on any atom is -0.476 e. The Bertz CT molecular complexity index is 357. The van der Waals surface area contributed by atoms with Crippen molar-refractivity contribution in [2.45, 2.75) is 13.3 Å². The molecule has 0 spiro atoms. The van der Waals surface area contributed by atoms with Crippen LogP contribution in [0.25, 0.3) is 0 Å². The summed E-state index contributed by atoms with van der Waals surface area (Å²) < 4.78 is 5.11. The van der Waals surface area contributed by atoms with Gasteiger partial charge in [-0.15, -0.1) is 0 Å². The first-order chi connectivity index (χ1) is 7.15. The van der Waals surface area contributed by atoms with Gasteiger partial charge in [0.1, 0.15) is 5.82 Å². The first-order valence-corrected chi connectivity index (χ1v) is 4.85. The molecule has 0 saturated carbocycles. The normalized spacial score (nSPS) is 10.3. The number of nitrogens with zero attached hydrogens (tertiary/aromatic N) is 2. The van der Waals surface area contributed by atoms with Gasteiger partial charge in [-0.1, -0.05) is 11.6 Å². The summed E-state index contributed by atoms with van der Waals surface area (Å²) >= 11 is 5.62. The quantitative estimate of drug-likeness (QED) is 0.775. The number of hydrogen-bond donors (Lipinski definition) is 1. The number of aromatic carboxylic acids is 1. The maximum Gasteiger partial charge on any atom is 0.356 e. The monoisotopic (exact) mass is 230 g/mol. The lowest BCUT2D eigenvalue weighted by molar-refractivity contribution is 0.0689. The van der Waals surface area contributed by atoms with Gasteiger partial charge in [-0.3, -0.25) is 0 Å². The smallest absolute Gasteiger partial charge is 0.356 e. The fraction of sp³-hybridized carbons (Fsp3) is 0.444. The van der Waals surface area contributed by atoms with Gasteiger partial charge in [0.15, 0.2) is 5.69 Å². The van der Waals surface area contributed by atoms with Crippen molar-refractivity contribution in [2.75, 3.05) is 13.2 Å². The van der Waals surface area contributed by atoms with Gasteiger partial charge in [-0.05, 0) is 6.92 Å². The van der Waals surface area contributed by atoms with E-state index in [1.54, 1.807) is 0 Å². The third-order valence-corrected chi connectivity index (χ3v) is 1.95. The van der Waals surface area contributed by atoms with Crippen LogP contribution < -0.4 is 0 Å². The van der Waals surface area contributed by atoms with Crippen LogP contribution in [0, 0.1) is 0 Å². The van der Waals surface area contributed by atoms with E-state index in [9.17, 15) is 4.79 Å². The largest absolute Gasteiger partial charge is 0.476 e. The molecule has 0 fully saturated rings. The first-order valence-electron chi connectivity index (χ1n) is 4.47. The number of halogens is 1. The van der Waals surface area contributed by atoms with Gasteiger partial charge in [0.2, 0.25) is 0 Å². The average Bonchev–Trinajstić information content (AvgIpc) is 2.20. The van der Waals surface area contributed by atoms with Crippen molar-refractivity contribution in [3.63, 3.8) is 0 Å². The van der Waals surface area contributed by atoms with Gasteiger partial charge in [0.05, 0.1) is 17.8 Å². The van der Waals surface area contributed by atoms with Crippen LogP contribution in [-0.4, -0.2) is 34.3 Å². The van der Waals surface area contributed by atoms with E-state index in [0.29, 0.717) is 25.5 Å². The molecule has 6 heteroatoms. The number of hydrogen-bond acceptors (Lipinski definition) is 4. The van der Waals surface area contributed by atoms with Gasteiger partial charge in [-0.2, -0.15) is 0 Å². The van der Waals surface area contributed by atoms with E-state index in [1.165, 1.54) is 6.20 Å². The van der Waals surface area contributed by atoms with E-state index < -0.39 is 5.97 Å². The minimum atomic E-state index is -1.15. The highest BCUT2D eigenvalue weighted by Crippen LogP contribution is 2.12. The van der Waals surface area contributed by atoms with Crippen LogP contribution >= 0.6 is 11.6 Å². The molecule has 0 atom stereocenters. The Balaban J connectivity index is 2.74. The molecule has 1 aromatic rings. The van der Waals surface area contributed by atoms with Crippen LogP contribution in [0.1, 0.15) is 23.2 Å². The van der Waals surface area contributed by atoms with Crippen LogP contribution in [0.3, 0.4) is 0 Å². The lowest BCUT2D eigenvalue weighted by atomic mass is 10.3. The molecule has 82 valence electrons. The van der Waals surface area contributed by atoms with Crippen LogP contribution in [0.5, 0.6) is 0 Å². The molecule has 0 aliphatic heterocycles. The molecule has 1 heterocycles. The predicted molar refractivity (Wildman–Crippen MR) is 54.2 cm³/mol. The average molecular weight is 231 g/mol. The third-order valence-electron chi connectivity index (χ3n) is 1.67. The van der Waals surface area contributed by atoms with Crippen LogP contribution in [0.15, 0.2) is 6.20 Å². The van der Waals surface area contributed by atoms with Gasteiger partial charge >= 0.3 is 5.97 Å². The highest BCUT2D eigenvalue weighted by molar-refractivity contribution is 6.33. The zero-order chi connectivity index (χ0) is 11.3. The molecule has 1 rings (SSSR count). The highest BCUT2D eigenvalue weighted by atomic mass is 35.5. The molecule has 15 heavy (non-hydrogen) atoms. The van der Waals surface area contributed by atoms with E-state index >= 15 is 0 Å². The lowest BCUT2D eigenvalue weighted by Gasteiger charge is -2.02. The number of rotatable bonds is 5. The maximum atomic E-state index is 10.7. The summed E-state index contributed by atoms with van der Waals surface area (Å²) in [5, 5.41) is 8.80.